The predicted molar refractivity (Wildman–Crippen MR) is 87.8 cm³/mol. The van der Waals surface area contributed by atoms with Crippen molar-refractivity contribution in [1.29, 1.82) is 0 Å². The van der Waals surface area contributed by atoms with E-state index in [1.54, 1.807) is 23.1 Å². The number of rotatable bonds is 4. The molecule has 1 saturated heterocycles. The first-order chi connectivity index (χ1) is 9.88. The molecule has 7 heteroatoms. The summed E-state index contributed by atoms with van der Waals surface area (Å²) in [7, 11) is 0. The van der Waals surface area contributed by atoms with Gasteiger partial charge in [0.25, 0.3) is 11.6 Å². The zero-order valence-electron chi connectivity index (χ0n) is 11.6. The van der Waals surface area contributed by atoms with Crippen LogP contribution >= 0.6 is 24.0 Å². The average molecular weight is 322 g/mol. The van der Waals surface area contributed by atoms with Crippen molar-refractivity contribution in [2.75, 3.05) is 6.54 Å². The van der Waals surface area contributed by atoms with Crippen molar-refractivity contribution in [3.05, 3.63) is 44.8 Å². The maximum Gasteiger partial charge on any atom is 0.270 e. The zero-order chi connectivity index (χ0) is 15.6. The zero-order valence-corrected chi connectivity index (χ0v) is 13.2. The lowest BCUT2D eigenvalue weighted by molar-refractivity contribution is -0.384. The summed E-state index contributed by atoms with van der Waals surface area (Å²) in [5.74, 6) is 0.190. The van der Waals surface area contributed by atoms with Crippen LogP contribution in [0.1, 0.15) is 19.4 Å². The van der Waals surface area contributed by atoms with Gasteiger partial charge in [0.15, 0.2) is 0 Å². The molecule has 1 aromatic rings. The number of carbonyl (C=O) groups excluding carboxylic acids is 1. The van der Waals surface area contributed by atoms with Crippen LogP contribution in [0.3, 0.4) is 0 Å². The molecule has 0 bridgehead atoms. The van der Waals surface area contributed by atoms with Gasteiger partial charge in [-0.1, -0.05) is 50.0 Å². The Balaban J connectivity index is 2.26. The molecule has 1 aliphatic heterocycles. The molecule has 110 valence electrons. The molecule has 0 atom stereocenters. The fourth-order valence-corrected chi connectivity index (χ4v) is 3.18. The molecule has 1 heterocycles. The first-order valence-electron chi connectivity index (χ1n) is 6.38. The van der Waals surface area contributed by atoms with Crippen LogP contribution in [0.15, 0.2) is 29.2 Å². The van der Waals surface area contributed by atoms with Crippen molar-refractivity contribution in [2.24, 2.45) is 5.92 Å². The highest BCUT2D eigenvalue weighted by molar-refractivity contribution is 8.26. The van der Waals surface area contributed by atoms with E-state index in [1.165, 1.54) is 23.9 Å². The van der Waals surface area contributed by atoms with Crippen LogP contribution < -0.4 is 0 Å². The van der Waals surface area contributed by atoms with Crippen LogP contribution in [0, 0.1) is 16.0 Å². The van der Waals surface area contributed by atoms with Crippen LogP contribution in [-0.4, -0.2) is 26.6 Å². The first kappa shape index (κ1) is 15.7. The van der Waals surface area contributed by atoms with Crippen LogP contribution in [0.4, 0.5) is 5.69 Å². The van der Waals surface area contributed by atoms with E-state index in [-0.39, 0.29) is 11.6 Å². The molecule has 0 unspecified atom stereocenters. The van der Waals surface area contributed by atoms with Gasteiger partial charge in [-0.05, 0) is 17.6 Å². The van der Waals surface area contributed by atoms with E-state index < -0.39 is 4.92 Å². The van der Waals surface area contributed by atoms with Crippen LogP contribution in [0.2, 0.25) is 0 Å². The molecule has 1 aromatic carbocycles. The summed E-state index contributed by atoms with van der Waals surface area (Å²) >= 11 is 6.45. The lowest BCUT2D eigenvalue weighted by atomic mass is 10.2. The Hall–Kier alpha value is -1.73. The summed E-state index contributed by atoms with van der Waals surface area (Å²) in [6.07, 6.45) is 1.65. The SMILES string of the molecule is CC(C)CN1C(=O)/C(=C\c2cccc([N+](=O)[O-])c2)SC1=S. The summed E-state index contributed by atoms with van der Waals surface area (Å²) in [6.45, 7) is 4.61. The van der Waals surface area contributed by atoms with Gasteiger partial charge in [0, 0.05) is 18.7 Å². The summed E-state index contributed by atoms with van der Waals surface area (Å²) < 4.78 is 0.533. The van der Waals surface area contributed by atoms with Crippen molar-refractivity contribution in [1.82, 2.24) is 4.90 Å². The van der Waals surface area contributed by atoms with Gasteiger partial charge in [-0.2, -0.15) is 0 Å². The second kappa shape index (κ2) is 6.36. The van der Waals surface area contributed by atoms with Gasteiger partial charge in [0.2, 0.25) is 0 Å². The normalized spacial score (nSPS) is 17.1. The molecule has 0 radical (unpaired) electrons. The van der Waals surface area contributed by atoms with E-state index in [0.29, 0.717) is 27.3 Å². The Bertz CT molecular complexity index is 641. The van der Waals surface area contributed by atoms with Gasteiger partial charge in [-0.3, -0.25) is 19.8 Å². The van der Waals surface area contributed by atoms with Gasteiger partial charge in [0.1, 0.15) is 4.32 Å². The van der Waals surface area contributed by atoms with Crippen molar-refractivity contribution < 1.29 is 9.72 Å². The Labute approximate surface area is 132 Å². The minimum Gasteiger partial charge on any atom is -0.293 e. The summed E-state index contributed by atoms with van der Waals surface area (Å²) in [4.78, 5) is 24.7. The Morgan fingerprint density at radius 1 is 1.48 bits per heavy atom. The minimum absolute atomic E-state index is 0.00130. The fraction of sp³-hybridized carbons (Fsp3) is 0.286. The highest BCUT2D eigenvalue weighted by Crippen LogP contribution is 2.33. The molecule has 1 fully saturated rings. The first-order valence-corrected chi connectivity index (χ1v) is 7.61. The third-order valence-electron chi connectivity index (χ3n) is 2.80. The molecule has 0 spiro atoms. The third kappa shape index (κ3) is 3.68. The Morgan fingerprint density at radius 2 is 2.19 bits per heavy atom. The van der Waals surface area contributed by atoms with Crippen molar-refractivity contribution >= 4 is 46.0 Å². The highest BCUT2D eigenvalue weighted by atomic mass is 32.2. The molecule has 0 aliphatic carbocycles. The van der Waals surface area contributed by atoms with Crippen LogP contribution in [0.5, 0.6) is 0 Å². The number of thioether (sulfide) groups is 1. The molecule has 1 amide bonds. The number of carbonyl (C=O) groups is 1. The number of non-ortho nitro benzene ring substituents is 1. The maximum atomic E-state index is 12.3. The lowest BCUT2D eigenvalue weighted by Gasteiger charge is -2.16. The van der Waals surface area contributed by atoms with E-state index in [1.807, 2.05) is 13.8 Å². The molecule has 0 aromatic heterocycles. The second-order valence-corrected chi connectivity index (χ2v) is 6.71. The van der Waals surface area contributed by atoms with Crippen LogP contribution in [0.25, 0.3) is 6.08 Å². The van der Waals surface area contributed by atoms with E-state index in [2.05, 4.69) is 0 Å². The highest BCUT2D eigenvalue weighted by Gasteiger charge is 2.32. The number of hydrogen-bond acceptors (Lipinski definition) is 5. The lowest BCUT2D eigenvalue weighted by Crippen LogP contribution is -2.31. The van der Waals surface area contributed by atoms with Gasteiger partial charge in [-0.15, -0.1) is 0 Å². The number of hydrogen-bond donors (Lipinski definition) is 0. The van der Waals surface area contributed by atoms with E-state index in [0.717, 1.165) is 0 Å². The third-order valence-corrected chi connectivity index (χ3v) is 4.18. The van der Waals surface area contributed by atoms with Crippen molar-refractivity contribution in [3.63, 3.8) is 0 Å². The number of amides is 1. The smallest absolute Gasteiger partial charge is 0.270 e. The van der Waals surface area contributed by atoms with Gasteiger partial charge in [-0.25, -0.2) is 0 Å². The topological polar surface area (TPSA) is 63.5 Å². The number of nitrogens with zero attached hydrogens (tertiary/aromatic N) is 2. The van der Waals surface area contributed by atoms with Crippen molar-refractivity contribution in [3.8, 4) is 0 Å². The average Bonchev–Trinajstić information content (AvgIpc) is 2.66. The predicted octanol–water partition coefficient (Wildman–Crippen LogP) is 3.45. The molecular weight excluding hydrogens is 308 g/mol. The molecule has 5 nitrogen and oxygen atoms in total. The molecule has 1 aliphatic rings. The molecule has 2 rings (SSSR count). The Morgan fingerprint density at radius 3 is 2.81 bits per heavy atom. The quantitative estimate of drug-likeness (QED) is 0.368. The standard InChI is InChI=1S/C14H14N2O3S2/c1-9(2)8-15-13(17)12(21-14(15)20)7-10-4-3-5-11(6-10)16(18)19/h3-7,9H,8H2,1-2H3/b12-7+. The van der Waals surface area contributed by atoms with Gasteiger partial charge in [0.05, 0.1) is 9.83 Å². The van der Waals surface area contributed by atoms with E-state index >= 15 is 0 Å². The van der Waals surface area contributed by atoms with Crippen molar-refractivity contribution in [2.45, 2.75) is 13.8 Å². The number of nitro groups is 1. The summed E-state index contributed by atoms with van der Waals surface area (Å²) in [5.41, 5.74) is 0.621. The monoisotopic (exact) mass is 322 g/mol. The maximum absolute atomic E-state index is 12.3. The second-order valence-electron chi connectivity index (χ2n) is 5.04. The molecule has 0 saturated carbocycles. The minimum atomic E-state index is -0.457. The number of thiocarbonyl (C=S) groups is 1. The van der Waals surface area contributed by atoms with E-state index in [9.17, 15) is 14.9 Å². The van der Waals surface area contributed by atoms with Gasteiger partial charge < -0.3 is 0 Å². The molecule has 0 N–H and O–H groups in total. The van der Waals surface area contributed by atoms with Crippen LogP contribution in [-0.2, 0) is 4.79 Å². The van der Waals surface area contributed by atoms with E-state index in [4.69, 9.17) is 12.2 Å². The summed E-state index contributed by atoms with van der Waals surface area (Å²) in [5, 5.41) is 10.8. The number of nitro benzene ring substituents is 1. The largest absolute Gasteiger partial charge is 0.293 e. The van der Waals surface area contributed by atoms with Gasteiger partial charge >= 0.3 is 0 Å². The molecule has 21 heavy (non-hydrogen) atoms. The fourth-order valence-electron chi connectivity index (χ4n) is 1.90. The Kier molecular flexibility index (Phi) is 4.74. The molecular formula is C14H14N2O3S2. The summed E-state index contributed by atoms with van der Waals surface area (Å²) in [6, 6.07) is 6.18. The number of benzene rings is 1.